The molecule has 0 atom stereocenters. The summed E-state index contributed by atoms with van der Waals surface area (Å²) in [6.07, 6.45) is 3.03. The van der Waals surface area contributed by atoms with Gasteiger partial charge in [0.05, 0.1) is 0 Å². The van der Waals surface area contributed by atoms with Crippen molar-refractivity contribution in [2.45, 2.75) is 11.0 Å². The maximum absolute atomic E-state index is 11.5. The van der Waals surface area contributed by atoms with E-state index in [2.05, 4.69) is 9.97 Å². The lowest BCUT2D eigenvalue weighted by atomic mass is 11.0. The van der Waals surface area contributed by atoms with E-state index in [1.807, 2.05) is 0 Å². The van der Waals surface area contributed by atoms with Crippen LogP contribution >= 0.6 is 0 Å². The van der Waals surface area contributed by atoms with Crippen LogP contribution in [-0.4, -0.2) is 42.9 Å². The van der Waals surface area contributed by atoms with E-state index >= 15 is 0 Å². The highest BCUT2D eigenvalue weighted by atomic mass is 32.3. The van der Waals surface area contributed by atoms with Gasteiger partial charge in [0, 0.05) is 12.4 Å². The van der Waals surface area contributed by atoms with Gasteiger partial charge in [-0.3, -0.25) is 0 Å². The van der Waals surface area contributed by atoms with Gasteiger partial charge < -0.3 is 10.1 Å². The molecule has 0 fully saturated rings. The van der Waals surface area contributed by atoms with Gasteiger partial charge in [-0.2, -0.15) is 26.3 Å². The summed E-state index contributed by atoms with van der Waals surface area (Å²) in [7, 11) is -13.2. The number of rotatable bonds is 2. The number of nitrogens with zero attached hydrogens (tertiary/aromatic N) is 1. The smallest absolute Gasteiger partial charge is 0.480 e. The normalized spacial score (nSPS) is 13.4. The van der Waals surface area contributed by atoms with Crippen molar-refractivity contribution in [2.75, 3.05) is 0 Å². The maximum Gasteiger partial charge on any atom is 0.512 e. The van der Waals surface area contributed by atoms with Crippen LogP contribution in [0.25, 0.3) is 0 Å². The molecule has 1 heterocycles. The van der Waals surface area contributed by atoms with E-state index in [0.717, 1.165) is 0 Å². The highest BCUT2D eigenvalue weighted by molar-refractivity contribution is 8.05. The summed E-state index contributed by atoms with van der Waals surface area (Å²) >= 11 is 0. The van der Waals surface area contributed by atoms with E-state index in [1.165, 1.54) is 6.20 Å². The van der Waals surface area contributed by atoms with E-state index in [0.29, 0.717) is 0 Å². The predicted octanol–water partition coefficient (Wildman–Crippen LogP) is 0.391. The summed E-state index contributed by atoms with van der Waals surface area (Å²) in [4.78, 5) is 5.86. The highest BCUT2D eigenvalue weighted by Crippen LogP contribution is 2.27. The molecular weight excluding hydrogens is 360 g/mol. The van der Waals surface area contributed by atoms with Crippen molar-refractivity contribution >= 4 is 20.0 Å². The van der Waals surface area contributed by atoms with Gasteiger partial charge in [-0.1, -0.05) is 4.13 Å². The second-order valence-corrected chi connectivity index (χ2v) is 6.50. The first-order valence-electron chi connectivity index (χ1n) is 4.19. The number of halogens is 6. The zero-order valence-electron chi connectivity index (χ0n) is 9.27. The molecule has 0 aliphatic carbocycles. The van der Waals surface area contributed by atoms with Gasteiger partial charge in [0.2, 0.25) is 0 Å². The molecule has 0 amide bonds. The summed E-state index contributed by atoms with van der Waals surface area (Å²) < 4.78 is 108. The predicted molar refractivity (Wildman–Crippen MR) is 53.3 cm³/mol. The van der Waals surface area contributed by atoms with Crippen molar-refractivity contribution < 1.29 is 48.3 Å². The number of aromatic amines is 1. The van der Waals surface area contributed by atoms with Crippen LogP contribution in [0.2, 0.25) is 0 Å². The van der Waals surface area contributed by atoms with Crippen molar-refractivity contribution in [2.24, 2.45) is 0 Å². The molecule has 21 heavy (non-hydrogen) atoms. The Balaban J connectivity index is 0.000000547. The Morgan fingerprint density at radius 2 is 1.38 bits per heavy atom. The van der Waals surface area contributed by atoms with E-state index in [1.54, 1.807) is 6.20 Å². The Labute approximate surface area is 112 Å². The fraction of sp³-hybridized carbons (Fsp3) is 0.400. The molecule has 0 radical (unpaired) electrons. The Bertz CT molecular complexity index is 604. The second-order valence-electron chi connectivity index (χ2n) is 2.89. The first-order valence-corrected chi connectivity index (χ1v) is 7.16. The lowest BCUT2D eigenvalue weighted by Gasteiger charge is -2.11. The summed E-state index contributed by atoms with van der Waals surface area (Å²) in [5.41, 5.74) is -12.3. The molecule has 16 heteroatoms. The molecule has 0 saturated carbocycles. The number of alkyl halides is 6. The first kappa shape index (κ1) is 19.4. The second kappa shape index (κ2) is 6.06. The minimum Gasteiger partial charge on any atom is -0.480 e. The largest absolute Gasteiger partial charge is 0.512 e. The van der Waals surface area contributed by atoms with Crippen molar-refractivity contribution in [1.29, 1.82) is 0 Å². The average molecular weight is 365 g/mol. The molecule has 1 aromatic rings. The minimum atomic E-state index is -6.60. The summed E-state index contributed by atoms with van der Waals surface area (Å²) in [6.45, 7) is 0. The van der Waals surface area contributed by atoms with Crippen LogP contribution in [0.3, 0.4) is 0 Å². The third-order valence-corrected chi connectivity index (χ3v) is 4.29. The number of hydrogen-bond donors (Lipinski definition) is 3. The van der Waals surface area contributed by atoms with Crippen LogP contribution in [-0.2, 0) is 20.0 Å². The van der Waals surface area contributed by atoms with Gasteiger partial charge in [0.15, 0.2) is 0 Å². The summed E-state index contributed by atoms with van der Waals surface area (Å²) in [5, 5.41) is 8.31. The van der Waals surface area contributed by atoms with Gasteiger partial charge in [-0.15, -0.1) is 0 Å². The maximum atomic E-state index is 11.5. The zero-order valence-corrected chi connectivity index (χ0v) is 10.9. The van der Waals surface area contributed by atoms with E-state index in [4.69, 9.17) is 5.11 Å². The van der Waals surface area contributed by atoms with Crippen LogP contribution in [0.15, 0.2) is 12.4 Å². The van der Waals surface area contributed by atoms with Crippen LogP contribution in [0.4, 0.5) is 26.3 Å². The molecule has 0 unspecified atom stereocenters. The summed E-state index contributed by atoms with van der Waals surface area (Å²) in [5.74, 6) is 0. The van der Waals surface area contributed by atoms with Crippen molar-refractivity contribution in [3.8, 4) is 6.01 Å². The standard InChI is InChI=1S/C3H4N2O.C2HF6NO4S2/c6-3-4-1-2-5-3;3-1(4,5)14(10,11)9-15(12,13)2(6,7)8/h1-2H,(H2,4,5,6);9H. The Hall–Kier alpha value is -1.55. The molecule has 1 aromatic heterocycles. The number of nitrogens with one attached hydrogen (secondary N) is 2. The first-order chi connectivity index (χ1) is 9.10. The van der Waals surface area contributed by atoms with Crippen LogP contribution in [0, 0.1) is 0 Å². The molecule has 0 saturated heterocycles. The van der Waals surface area contributed by atoms with E-state index in [-0.39, 0.29) is 6.01 Å². The number of aromatic nitrogens is 2. The van der Waals surface area contributed by atoms with Gasteiger partial charge in [-0.05, 0) is 0 Å². The Morgan fingerprint density at radius 1 is 1.00 bits per heavy atom. The van der Waals surface area contributed by atoms with Crippen molar-refractivity contribution in [3.05, 3.63) is 12.4 Å². The molecule has 0 aromatic carbocycles. The lowest BCUT2D eigenvalue weighted by molar-refractivity contribution is -0.0476. The number of sulfonamides is 2. The van der Waals surface area contributed by atoms with Gasteiger partial charge in [-0.25, -0.2) is 21.8 Å². The fourth-order valence-electron chi connectivity index (χ4n) is 0.496. The monoisotopic (exact) mass is 365 g/mol. The number of aromatic hydroxyl groups is 1. The molecule has 0 aliphatic heterocycles. The number of H-pyrrole nitrogens is 1. The Morgan fingerprint density at radius 3 is 1.52 bits per heavy atom. The van der Waals surface area contributed by atoms with Gasteiger partial charge in [0.1, 0.15) is 0 Å². The molecule has 1 rings (SSSR count). The highest BCUT2D eigenvalue weighted by Gasteiger charge is 2.55. The topological polar surface area (TPSA) is 129 Å². The third kappa shape index (κ3) is 5.76. The van der Waals surface area contributed by atoms with Crippen LogP contribution in [0.1, 0.15) is 0 Å². The SMILES string of the molecule is O=S(=O)(NS(=O)(=O)C(F)(F)F)C(F)(F)F.Oc1ncc[nH]1. The molecule has 0 spiro atoms. The molecule has 0 aliphatic rings. The van der Waals surface area contributed by atoms with Crippen molar-refractivity contribution in [1.82, 2.24) is 14.1 Å². The van der Waals surface area contributed by atoms with Gasteiger partial charge in [0.25, 0.3) is 6.01 Å². The zero-order chi connectivity index (χ0) is 17.1. The third-order valence-electron chi connectivity index (χ3n) is 1.31. The minimum absolute atomic E-state index is 0.0324. The molecule has 8 nitrogen and oxygen atoms in total. The average Bonchev–Trinajstić information content (AvgIpc) is 2.64. The van der Waals surface area contributed by atoms with Gasteiger partial charge >= 0.3 is 31.1 Å². The van der Waals surface area contributed by atoms with Crippen LogP contribution < -0.4 is 4.13 Å². The van der Waals surface area contributed by atoms with E-state index in [9.17, 15) is 43.2 Å². The quantitative estimate of drug-likeness (QED) is 0.650. The molecule has 0 bridgehead atoms. The number of imidazole rings is 1. The van der Waals surface area contributed by atoms with Crippen molar-refractivity contribution in [3.63, 3.8) is 0 Å². The number of hydrogen-bond acceptors (Lipinski definition) is 6. The molecular formula is C5H5F6N3O5S2. The lowest BCUT2D eigenvalue weighted by Crippen LogP contribution is -2.45. The van der Waals surface area contributed by atoms with Crippen LogP contribution in [0.5, 0.6) is 6.01 Å². The fourth-order valence-corrected chi connectivity index (χ4v) is 2.41. The van der Waals surface area contributed by atoms with E-state index < -0.39 is 35.2 Å². The summed E-state index contributed by atoms with van der Waals surface area (Å²) in [6, 6.07) is -0.0324. The Kier molecular flexibility index (Phi) is 5.61. The molecule has 3 N–H and O–H groups in total. The molecule has 124 valence electrons.